The Morgan fingerprint density at radius 2 is 2.16 bits per heavy atom. The minimum absolute atomic E-state index is 0.569. The number of nitrogens with zero attached hydrogens (tertiary/aromatic N) is 2. The molecule has 2 rings (SSSR count). The highest BCUT2D eigenvalue weighted by molar-refractivity contribution is 5.54. The maximum atomic E-state index is 5.91. The highest BCUT2D eigenvalue weighted by Crippen LogP contribution is 2.28. The molecule has 3 N–H and O–H groups in total. The first-order chi connectivity index (χ1) is 9.20. The van der Waals surface area contributed by atoms with Crippen molar-refractivity contribution in [2.75, 3.05) is 30.8 Å². The van der Waals surface area contributed by atoms with Crippen molar-refractivity contribution in [3.05, 3.63) is 11.4 Å². The topological polar surface area (TPSA) is 73.1 Å². The van der Waals surface area contributed by atoms with Crippen LogP contribution in [-0.2, 0) is 11.2 Å². The molecule has 1 heterocycles. The van der Waals surface area contributed by atoms with E-state index in [1.54, 1.807) is 0 Å². The second-order valence-electron chi connectivity index (χ2n) is 5.19. The number of nitrogens with two attached hydrogens (primary N) is 1. The van der Waals surface area contributed by atoms with Crippen molar-refractivity contribution in [1.29, 1.82) is 0 Å². The summed E-state index contributed by atoms with van der Waals surface area (Å²) in [7, 11) is 0. The van der Waals surface area contributed by atoms with Gasteiger partial charge in [0.15, 0.2) is 0 Å². The van der Waals surface area contributed by atoms with Crippen LogP contribution < -0.4 is 11.1 Å². The SMILES string of the molecule is CCCc1nc(N)c(C)c(NCCOCC2CC2)n1. The first kappa shape index (κ1) is 14.1. The van der Waals surface area contributed by atoms with Gasteiger partial charge in [0.25, 0.3) is 0 Å². The molecule has 1 aromatic heterocycles. The normalized spacial score (nSPS) is 14.6. The summed E-state index contributed by atoms with van der Waals surface area (Å²) in [6.45, 7) is 6.42. The van der Waals surface area contributed by atoms with E-state index in [0.29, 0.717) is 12.4 Å². The summed E-state index contributed by atoms with van der Waals surface area (Å²) in [5, 5.41) is 3.29. The van der Waals surface area contributed by atoms with Gasteiger partial charge in [-0.2, -0.15) is 0 Å². The molecule has 0 atom stereocenters. The molecular formula is C14H24N4O. The van der Waals surface area contributed by atoms with Gasteiger partial charge in [0.2, 0.25) is 0 Å². The predicted octanol–water partition coefficient (Wildman–Crippen LogP) is 2.16. The van der Waals surface area contributed by atoms with Crippen molar-refractivity contribution in [3.8, 4) is 0 Å². The van der Waals surface area contributed by atoms with E-state index in [4.69, 9.17) is 10.5 Å². The third-order valence-electron chi connectivity index (χ3n) is 3.29. The van der Waals surface area contributed by atoms with Gasteiger partial charge in [-0.25, -0.2) is 9.97 Å². The Kier molecular flexibility index (Phi) is 4.96. The van der Waals surface area contributed by atoms with Crippen LogP contribution in [0.4, 0.5) is 11.6 Å². The Morgan fingerprint density at radius 1 is 1.37 bits per heavy atom. The third kappa shape index (κ3) is 4.35. The lowest BCUT2D eigenvalue weighted by Gasteiger charge is -2.12. The molecule has 1 aliphatic carbocycles. The molecule has 0 amide bonds. The molecule has 1 aromatic rings. The monoisotopic (exact) mass is 264 g/mol. The molecule has 5 nitrogen and oxygen atoms in total. The average Bonchev–Trinajstić information content (AvgIpc) is 3.19. The molecule has 0 spiro atoms. The molecule has 5 heteroatoms. The summed E-state index contributed by atoms with van der Waals surface area (Å²) in [6, 6.07) is 0. The van der Waals surface area contributed by atoms with Crippen molar-refractivity contribution in [1.82, 2.24) is 9.97 Å². The molecule has 1 saturated carbocycles. The second kappa shape index (κ2) is 6.70. The zero-order valence-corrected chi connectivity index (χ0v) is 11.9. The lowest BCUT2D eigenvalue weighted by Crippen LogP contribution is -2.14. The summed E-state index contributed by atoms with van der Waals surface area (Å²) < 4.78 is 5.59. The molecule has 0 radical (unpaired) electrons. The Hall–Kier alpha value is -1.36. The van der Waals surface area contributed by atoms with Gasteiger partial charge in [0, 0.05) is 25.1 Å². The van der Waals surface area contributed by atoms with Crippen LogP contribution in [0.1, 0.15) is 37.6 Å². The quantitative estimate of drug-likeness (QED) is 0.704. The molecule has 0 saturated heterocycles. The lowest BCUT2D eigenvalue weighted by molar-refractivity contribution is 0.134. The van der Waals surface area contributed by atoms with E-state index in [9.17, 15) is 0 Å². The van der Waals surface area contributed by atoms with E-state index in [2.05, 4.69) is 22.2 Å². The molecular weight excluding hydrogens is 240 g/mol. The minimum atomic E-state index is 0.569. The summed E-state index contributed by atoms with van der Waals surface area (Å²) in [4.78, 5) is 8.80. The van der Waals surface area contributed by atoms with Crippen LogP contribution in [-0.4, -0.2) is 29.7 Å². The fraction of sp³-hybridized carbons (Fsp3) is 0.714. The number of hydrogen-bond acceptors (Lipinski definition) is 5. The van der Waals surface area contributed by atoms with Crippen molar-refractivity contribution in [2.45, 2.75) is 39.5 Å². The van der Waals surface area contributed by atoms with E-state index < -0.39 is 0 Å². The number of rotatable bonds is 8. The van der Waals surface area contributed by atoms with Crippen molar-refractivity contribution < 1.29 is 4.74 Å². The lowest BCUT2D eigenvalue weighted by atomic mass is 10.2. The minimum Gasteiger partial charge on any atom is -0.383 e. The summed E-state index contributed by atoms with van der Waals surface area (Å²) in [6.07, 6.45) is 4.54. The first-order valence-corrected chi connectivity index (χ1v) is 7.15. The molecule has 0 bridgehead atoms. The van der Waals surface area contributed by atoms with Crippen molar-refractivity contribution >= 4 is 11.6 Å². The third-order valence-corrected chi connectivity index (χ3v) is 3.29. The van der Waals surface area contributed by atoms with Crippen molar-refractivity contribution in [3.63, 3.8) is 0 Å². The van der Waals surface area contributed by atoms with Gasteiger partial charge in [-0.05, 0) is 32.1 Å². The summed E-state index contributed by atoms with van der Waals surface area (Å²) >= 11 is 0. The smallest absolute Gasteiger partial charge is 0.134 e. The van der Waals surface area contributed by atoms with Gasteiger partial charge in [0.05, 0.1) is 6.61 Å². The van der Waals surface area contributed by atoms with Gasteiger partial charge >= 0.3 is 0 Å². The molecule has 19 heavy (non-hydrogen) atoms. The van der Waals surface area contributed by atoms with Crippen LogP contribution in [0.5, 0.6) is 0 Å². The summed E-state index contributed by atoms with van der Waals surface area (Å²) in [5.41, 5.74) is 6.83. The number of ether oxygens (including phenoxy) is 1. The first-order valence-electron chi connectivity index (χ1n) is 7.15. The van der Waals surface area contributed by atoms with Crippen molar-refractivity contribution in [2.24, 2.45) is 5.92 Å². The van der Waals surface area contributed by atoms with Crippen LogP contribution in [0.15, 0.2) is 0 Å². The molecule has 106 valence electrons. The van der Waals surface area contributed by atoms with Crippen LogP contribution in [0.2, 0.25) is 0 Å². The van der Waals surface area contributed by atoms with Gasteiger partial charge < -0.3 is 15.8 Å². The Bertz CT molecular complexity index is 418. The number of nitrogens with one attached hydrogen (secondary N) is 1. The second-order valence-corrected chi connectivity index (χ2v) is 5.19. The van der Waals surface area contributed by atoms with Crippen LogP contribution in [0.25, 0.3) is 0 Å². The number of anilines is 2. The fourth-order valence-electron chi connectivity index (χ4n) is 1.87. The predicted molar refractivity (Wildman–Crippen MR) is 77.2 cm³/mol. The molecule has 1 aliphatic rings. The standard InChI is InChI=1S/C14H24N4O/c1-3-4-12-17-13(15)10(2)14(18-12)16-7-8-19-9-11-5-6-11/h11H,3-9H2,1-2H3,(H3,15,16,17,18). The van der Waals surface area contributed by atoms with E-state index >= 15 is 0 Å². The van der Waals surface area contributed by atoms with E-state index in [0.717, 1.165) is 49.1 Å². The Labute approximate surface area is 115 Å². The largest absolute Gasteiger partial charge is 0.383 e. The Morgan fingerprint density at radius 3 is 2.84 bits per heavy atom. The molecule has 1 fully saturated rings. The average molecular weight is 264 g/mol. The molecule has 0 aliphatic heterocycles. The summed E-state index contributed by atoms with van der Waals surface area (Å²) in [5.74, 6) is 3.03. The van der Waals surface area contributed by atoms with E-state index in [1.165, 1.54) is 12.8 Å². The number of aromatic nitrogens is 2. The van der Waals surface area contributed by atoms with E-state index in [-0.39, 0.29) is 0 Å². The van der Waals surface area contributed by atoms with E-state index in [1.807, 2.05) is 6.92 Å². The molecule has 0 unspecified atom stereocenters. The molecule has 0 aromatic carbocycles. The van der Waals surface area contributed by atoms with Gasteiger partial charge in [-0.15, -0.1) is 0 Å². The maximum absolute atomic E-state index is 5.91. The highest BCUT2D eigenvalue weighted by atomic mass is 16.5. The van der Waals surface area contributed by atoms with Crippen LogP contribution in [0.3, 0.4) is 0 Å². The van der Waals surface area contributed by atoms with Gasteiger partial charge in [-0.1, -0.05) is 6.92 Å². The van der Waals surface area contributed by atoms with Gasteiger partial charge in [0.1, 0.15) is 17.5 Å². The zero-order chi connectivity index (χ0) is 13.7. The number of aryl methyl sites for hydroxylation is 1. The number of hydrogen-bond donors (Lipinski definition) is 2. The van der Waals surface area contributed by atoms with Gasteiger partial charge in [-0.3, -0.25) is 0 Å². The van der Waals surface area contributed by atoms with Crippen LogP contribution in [0, 0.1) is 12.8 Å². The highest BCUT2D eigenvalue weighted by Gasteiger charge is 2.20. The zero-order valence-electron chi connectivity index (χ0n) is 11.9. The Balaban J connectivity index is 1.82. The number of nitrogen functional groups attached to an aromatic ring is 1. The van der Waals surface area contributed by atoms with Crippen LogP contribution >= 0.6 is 0 Å². The fourth-order valence-corrected chi connectivity index (χ4v) is 1.87. The maximum Gasteiger partial charge on any atom is 0.134 e.